The molecule has 2 aromatic carbocycles. The number of nitrogens with zero attached hydrogens (tertiary/aromatic N) is 2. The molecular formula is C22H24N4O3. The number of aromatic nitrogens is 2. The van der Waals surface area contributed by atoms with E-state index in [4.69, 9.17) is 9.47 Å². The van der Waals surface area contributed by atoms with Crippen molar-refractivity contribution in [1.29, 1.82) is 0 Å². The SMILES string of the molecule is CCc1ccc(Nc2nc(C)cc(C(=O)Nc3ccc(OC)cc3OC)n2)cc1. The second-order valence-electron chi connectivity index (χ2n) is 6.41. The van der Waals surface area contributed by atoms with E-state index >= 15 is 0 Å². The van der Waals surface area contributed by atoms with Crippen LogP contribution in [-0.4, -0.2) is 30.1 Å². The van der Waals surface area contributed by atoms with Gasteiger partial charge < -0.3 is 20.1 Å². The number of carbonyl (C=O) groups excluding carboxylic acids is 1. The molecule has 0 unspecified atom stereocenters. The molecule has 2 N–H and O–H groups in total. The summed E-state index contributed by atoms with van der Waals surface area (Å²) in [6.07, 6.45) is 0.973. The molecule has 3 rings (SSSR count). The number of rotatable bonds is 7. The summed E-state index contributed by atoms with van der Waals surface area (Å²) in [4.78, 5) is 21.5. The van der Waals surface area contributed by atoms with Gasteiger partial charge in [0, 0.05) is 17.4 Å². The Bertz CT molecular complexity index is 1000. The third-order valence-electron chi connectivity index (χ3n) is 4.36. The van der Waals surface area contributed by atoms with Crippen molar-refractivity contribution in [3.05, 3.63) is 65.5 Å². The fraction of sp³-hybridized carbons (Fsp3) is 0.227. The number of amides is 1. The first kappa shape index (κ1) is 20.1. The fourth-order valence-electron chi connectivity index (χ4n) is 2.78. The Morgan fingerprint density at radius 3 is 2.41 bits per heavy atom. The topological polar surface area (TPSA) is 85.4 Å². The summed E-state index contributed by atoms with van der Waals surface area (Å²) < 4.78 is 10.5. The predicted octanol–water partition coefficient (Wildman–Crippen LogP) is 4.36. The lowest BCUT2D eigenvalue weighted by Crippen LogP contribution is -2.16. The molecule has 0 spiro atoms. The monoisotopic (exact) mass is 392 g/mol. The second kappa shape index (κ2) is 9.05. The molecule has 0 aliphatic rings. The summed E-state index contributed by atoms with van der Waals surface area (Å²) >= 11 is 0. The molecule has 29 heavy (non-hydrogen) atoms. The number of methoxy groups -OCH3 is 2. The molecule has 0 bridgehead atoms. The lowest BCUT2D eigenvalue weighted by molar-refractivity contribution is 0.102. The van der Waals surface area contributed by atoms with E-state index in [2.05, 4.69) is 27.5 Å². The van der Waals surface area contributed by atoms with Crippen LogP contribution in [0.1, 0.15) is 28.7 Å². The Kier molecular flexibility index (Phi) is 6.29. The van der Waals surface area contributed by atoms with Crippen LogP contribution in [0.2, 0.25) is 0 Å². The number of hydrogen-bond donors (Lipinski definition) is 2. The molecule has 1 aromatic heterocycles. The van der Waals surface area contributed by atoms with Gasteiger partial charge in [-0.15, -0.1) is 0 Å². The maximum atomic E-state index is 12.8. The largest absolute Gasteiger partial charge is 0.497 e. The van der Waals surface area contributed by atoms with Crippen LogP contribution in [0.25, 0.3) is 0 Å². The van der Waals surface area contributed by atoms with E-state index < -0.39 is 0 Å². The number of anilines is 3. The molecule has 1 amide bonds. The lowest BCUT2D eigenvalue weighted by Gasteiger charge is -2.12. The van der Waals surface area contributed by atoms with Gasteiger partial charge in [-0.3, -0.25) is 4.79 Å². The van der Waals surface area contributed by atoms with Gasteiger partial charge in [0.2, 0.25) is 5.95 Å². The molecule has 1 heterocycles. The van der Waals surface area contributed by atoms with Gasteiger partial charge in [-0.2, -0.15) is 0 Å². The molecule has 0 saturated carbocycles. The summed E-state index contributed by atoms with van der Waals surface area (Å²) in [6, 6.07) is 14.8. The predicted molar refractivity (Wildman–Crippen MR) is 113 cm³/mol. The first-order valence-electron chi connectivity index (χ1n) is 9.27. The summed E-state index contributed by atoms with van der Waals surface area (Å²) in [6.45, 7) is 3.92. The standard InChI is InChI=1S/C22H24N4O3/c1-5-15-6-8-16(9-7-15)24-22-23-14(2)12-19(26-22)21(27)25-18-11-10-17(28-3)13-20(18)29-4/h6-13H,5H2,1-4H3,(H,25,27)(H,23,24,26). The van der Waals surface area contributed by atoms with Gasteiger partial charge in [-0.25, -0.2) is 9.97 Å². The number of aryl methyl sites for hydroxylation is 2. The van der Waals surface area contributed by atoms with E-state index in [0.717, 1.165) is 12.1 Å². The number of ether oxygens (including phenoxy) is 2. The molecule has 0 saturated heterocycles. The van der Waals surface area contributed by atoms with Crippen LogP contribution in [0.4, 0.5) is 17.3 Å². The number of benzene rings is 2. The highest BCUT2D eigenvalue weighted by molar-refractivity contribution is 6.04. The Balaban J connectivity index is 1.80. The van der Waals surface area contributed by atoms with Crippen molar-refractivity contribution < 1.29 is 14.3 Å². The molecule has 0 fully saturated rings. The van der Waals surface area contributed by atoms with Gasteiger partial charge in [0.1, 0.15) is 17.2 Å². The first-order chi connectivity index (χ1) is 14.0. The van der Waals surface area contributed by atoms with E-state index in [1.165, 1.54) is 12.7 Å². The van der Waals surface area contributed by atoms with Crippen LogP contribution < -0.4 is 20.1 Å². The second-order valence-corrected chi connectivity index (χ2v) is 6.41. The number of carbonyl (C=O) groups is 1. The molecule has 0 radical (unpaired) electrons. The van der Waals surface area contributed by atoms with Gasteiger partial charge in [0.05, 0.1) is 19.9 Å². The van der Waals surface area contributed by atoms with Crippen molar-refractivity contribution in [2.45, 2.75) is 20.3 Å². The van der Waals surface area contributed by atoms with E-state index in [9.17, 15) is 4.79 Å². The van der Waals surface area contributed by atoms with Gasteiger partial charge in [0.15, 0.2) is 0 Å². The van der Waals surface area contributed by atoms with Crippen LogP contribution in [0.15, 0.2) is 48.5 Å². The maximum Gasteiger partial charge on any atom is 0.274 e. The van der Waals surface area contributed by atoms with Crippen LogP contribution in [-0.2, 0) is 6.42 Å². The molecule has 3 aromatic rings. The molecular weight excluding hydrogens is 368 g/mol. The molecule has 7 heteroatoms. The molecule has 0 atom stereocenters. The van der Waals surface area contributed by atoms with Gasteiger partial charge >= 0.3 is 0 Å². The van der Waals surface area contributed by atoms with E-state index in [1.54, 1.807) is 31.4 Å². The summed E-state index contributed by atoms with van der Waals surface area (Å²) in [7, 11) is 3.10. The average Bonchev–Trinajstić information content (AvgIpc) is 2.74. The zero-order chi connectivity index (χ0) is 20.8. The number of hydrogen-bond acceptors (Lipinski definition) is 6. The average molecular weight is 392 g/mol. The van der Waals surface area contributed by atoms with Crippen molar-refractivity contribution in [3.63, 3.8) is 0 Å². The maximum absolute atomic E-state index is 12.8. The number of nitrogens with one attached hydrogen (secondary N) is 2. The van der Waals surface area contributed by atoms with Crippen LogP contribution >= 0.6 is 0 Å². The summed E-state index contributed by atoms with van der Waals surface area (Å²) in [5.74, 6) is 1.14. The third-order valence-corrected chi connectivity index (χ3v) is 4.36. The van der Waals surface area contributed by atoms with Crippen molar-refractivity contribution in [2.75, 3.05) is 24.9 Å². The fourth-order valence-corrected chi connectivity index (χ4v) is 2.78. The Morgan fingerprint density at radius 1 is 1.00 bits per heavy atom. The highest BCUT2D eigenvalue weighted by Crippen LogP contribution is 2.29. The van der Waals surface area contributed by atoms with Crippen molar-refractivity contribution in [3.8, 4) is 11.5 Å². The normalized spacial score (nSPS) is 10.3. The molecule has 0 aliphatic heterocycles. The quantitative estimate of drug-likeness (QED) is 0.621. The molecule has 7 nitrogen and oxygen atoms in total. The molecule has 150 valence electrons. The zero-order valence-corrected chi connectivity index (χ0v) is 16.9. The van der Waals surface area contributed by atoms with Gasteiger partial charge in [-0.05, 0) is 49.2 Å². The minimum absolute atomic E-state index is 0.253. The summed E-state index contributed by atoms with van der Waals surface area (Å²) in [5, 5.41) is 5.97. The Hall–Kier alpha value is -3.61. The Labute approximate surface area is 170 Å². The third kappa shape index (κ3) is 5.01. The van der Waals surface area contributed by atoms with Gasteiger partial charge in [0.25, 0.3) is 5.91 Å². The van der Waals surface area contributed by atoms with Crippen molar-refractivity contribution in [2.24, 2.45) is 0 Å². The Morgan fingerprint density at radius 2 is 1.76 bits per heavy atom. The van der Waals surface area contributed by atoms with Crippen LogP contribution in [0.5, 0.6) is 11.5 Å². The highest BCUT2D eigenvalue weighted by Gasteiger charge is 2.14. The smallest absolute Gasteiger partial charge is 0.274 e. The van der Waals surface area contributed by atoms with Gasteiger partial charge in [-0.1, -0.05) is 19.1 Å². The van der Waals surface area contributed by atoms with E-state index in [1.807, 2.05) is 31.2 Å². The minimum Gasteiger partial charge on any atom is -0.497 e. The van der Waals surface area contributed by atoms with E-state index in [-0.39, 0.29) is 11.6 Å². The minimum atomic E-state index is -0.358. The lowest BCUT2D eigenvalue weighted by atomic mass is 10.1. The first-order valence-corrected chi connectivity index (χ1v) is 9.27. The van der Waals surface area contributed by atoms with E-state index in [0.29, 0.717) is 28.8 Å². The summed E-state index contributed by atoms with van der Waals surface area (Å²) in [5.41, 5.74) is 3.56. The van der Waals surface area contributed by atoms with Crippen LogP contribution in [0.3, 0.4) is 0 Å². The molecule has 0 aliphatic carbocycles. The zero-order valence-electron chi connectivity index (χ0n) is 16.9. The van der Waals surface area contributed by atoms with Crippen molar-refractivity contribution >= 4 is 23.2 Å². The van der Waals surface area contributed by atoms with Crippen molar-refractivity contribution in [1.82, 2.24) is 9.97 Å². The van der Waals surface area contributed by atoms with Crippen LogP contribution in [0, 0.1) is 6.92 Å². The highest BCUT2D eigenvalue weighted by atomic mass is 16.5.